The zero-order chi connectivity index (χ0) is 20.1. The second kappa shape index (κ2) is 9.38. The molecule has 3 rings (SSSR count). The van der Waals surface area contributed by atoms with Gasteiger partial charge in [-0.3, -0.25) is 4.79 Å². The first kappa shape index (κ1) is 21.3. The molecule has 0 N–H and O–H groups in total. The Bertz CT molecular complexity index is 626. The van der Waals surface area contributed by atoms with E-state index in [0.29, 0.717) is 6.04 Å². The van der Waals surface area contributed by atoms with E-state index in [0.717, 1.165) is 45.3 Å². The van der Waals surface area contributed by atoms with Gasteiger partial charge >= 0.3 is 0 Å². The summed E-state index contributed by atoms with van der Waals surface area (Å²) in [6, 6.07) is 11.1. The summed E-state index contributed by atoms with van der Waals surface area (Å²) in [4.78, 5) is 16.8. The number of hydrogen-bond donors (Lipinski definition) is 0. The number of rotatable bonds is 6. The average molecular weight is 389 g/mol. The van der Waals surface area contributed by atoms with Gasteiger partial charge in [0.05, 0.1) is 17.8 Å². The number of hydrogen-bond acceptors (Lipinski definition) is 4. The van der Waals surface area contributed by atoms with E-state index in [9.17, 15) is 4.79 Å². The summed E-state index contributed by atoms with van der Waals surface area (Å²) in [5.41, 5.74) is 1.13. The predicted octanol–water partition coefficient (Wildman–Crippen LogP) is 3.64. The number of carbonyl (C=O) groups excluding carboxylic acids is 1. The van der Waals surface area contributed by atoms with Gasteiger partial charge < -0.3 is 19.3 Å². The highest BCUT2D eigenvalue weighted by Crippen LogP contribution is 2.44. The normalized spacial score (nSPS) is 24.9. The van der Waals surface area contributed by atoms with Crippen LogP contribution in [0.15, 0.2) is 30.3 Å². The largest absolute Gasteiger partial charge is 0.369 e. The van der Waals surface area contributed by atoms with Crippen molar-refractivity contribution in [3.63, 3.8) is 0 Å². The number of piperidine rings is 1. The first-order valence-electron chi connectivity index (χ1n) is 10.7. The quantitative estimate of drug-likeness (QED) is 0.746. The molecule has 1 spiro atoms. The Morgan fingerprint density at radius 1 is 1.29 bits per heavy atom. The van der Waals surface area contributed by atoms with Gasteiger partial charge in [-0.2, -0.15) is 0 Å². The summed E-state index contributed by atoms with van der Waals surface area (Å²) in [5.74, 6) is 0.0983. The van der Waals surface area contributed by atoms with Crippen LogP contribution in [0, 0.1) is 0 Å². The summed E-state index contributed by atoms with van der Waals surface area (Å²) in [6.07, 6.45) is 4.08. The molecule has 5 heteroatoms. The molecule has 2 fully saturated rings. The van der Waals surface area contributed by atoms with Crippen LogP contribution in [0.2, 0.25) is 0 Å². The minimum absolute atomic E-state index is 0.0822. The van der Waals surface area contributed by atoms with Crippen LogP contribution in [0.3, 0.4) is 0 Å². The van der Waals surface area contributed by atoms with Crippen LogP contribution in [0.1, 0.15) is 58.1 Å². The number of ether oxygens (including phenoxy) is 2. The number of carbonyl (C=O) groups is 1. The Labute approximate surface area is 170 Å². The minimum Gasteiger partial charge on any atom is -0.369 e. The molecular formula is C23H36N2O3. The molecule has 156 valence electrons. The number of nitrogens with zero attached hydrogens (tertiary/aromatic N) is 2. The maximum Gasteiger partial charge on any atom is 0.248 e. The van der Waals surface area contributed by atoms with Gasteiger partial charge in [-0.05, 0) is 58.7 Å². The van der Waals surface area contributed by atoms with Gasteiger partial charge in [0.25, 0.3) is 0 Å². The van der Waals surface area contributed by atoms with Gasteiger partial charge in [-0.15, -0.1) is 0 Å². The lowest BCUT2D eigenvalue weighted by molar-refractivity contribution is -0.177. The number of amides is 1. The smallest absolute Gasteiger partial charge is 0.248 e. The average Bonchev–Trinajstić information content (AvgIpc) is 2.72. The van der Waals surface area contributed by atoms with Crippen LogP contribution in [0.4, 0.5) is 0 Å². The summed E-state index contributed by atoms with van der Waals surface area (Å²) >= 11 is 0. The van der Waals surface area contributed by atoms with Crippen molar-refractivity contribution in [2.24, 2.45) is 0 Å². The van der Waals surface area contributed by atoms with E-state index in [1.165, 1.54) is 5.56 Å². The Hall–Kier alpha value is -1.43. The summed E-state index contributed by atoms with van der Waals surface area (Å²) in [5, 5.41) is 0. The molecule has 2 aliphatic rings. The molecule has 2 aliphatic heterocycles. The highest BCUT2D eigenvalue weighted by Gasteiger charge is 2.45. The van der Waals surface area contributed by atoms with E-state index in [1.54, 1.807) is 0 Å². The minimum atomic E-state index is -0.136. The van der Waals surface area contributed by atoms with Crippen LogP contribution in [-0.2, 0) is 14.3 Å². The molecule has 0 radical (unpaired) electrons. The Morgan fingerprint density at radius 3 is 2.57 bits per heavy atom. The van der Waals surface area contributed by atoms with Crippen molar-refractivity contribution in [3.05, 3.63) is 35.9 Å². The van der Waals surface area contributed by atoms with Gasteiger partial charge in [-0.1, -0.05) is 37.3 Å². The van der Waals surface area contributed by atoms with Gasteiger partial charge in [0.1, 0.15) is 6.61 Å². The third-order valence-corrected chi connectivity index (χ3v) is 6.35. The van der Waals surface area contributed by atoms with Crippen molar-refractivity contribution < 1.29 is 14.3 Å². The van der Waals surface area contributed by atoms with Gasteiger partial charge in [0, 0.05) is 19.1 Å². The molecule has 2 heterocycles. The van der Waals surface area contributed by atoms with Crippen molar-refractivity contribution in [2.45, 2.75) is 70.3 Å². The van der Waals surface area contributed by atoms with Crippen molar-refractivity contribution in [3.8, 4) is 0 Å². The second-order valence-electron chi connectivity index (χ2n) is 8.61. The molecule has 0 unspecified atom stereocenters. The lowest BCUT2D eigenvalue weighted by atomic mass is 9.79. The molecule has 0 saturated carbocycles. The maximum atomic E-state index is 12.4. The fourth-order valence-corrected chi connectivity index (χ4v) is 4.44. The van der Waals surface area contributed by atoms with Gasteiger partial charge in [0.15, 0.2) is 0 Å². The molecule has 0 aromatic heterocycles. The Morgan fingerprint density at radius 2 is 1.96 bits per heavy atom. The maximum absolute atomic E-state index is 12.4. The highest BCUT2D eigenvalue weighted by atomic mass is 16.5. The molecule has 1 aromatic carbocycles. The first-order chi connectivity index (χ1) is 13.4. The fourth-order valence-electron chi connectivity index (χ4n) is 4.44. The van der Waals surface area contributed by atoms with Crippen molar-refractivity contribution in [1.29, 1.82) is 0 Å². The van der Waals surface area contributed by atoms with Crippen LogP contribution < -0.4 is 0 Å². The van der Waals surface area contributed by atoms with E-state index in [4.69, 9.17) is 9.47 Å². The van der Waals surface area contributed by atoms with E-state index in [-0.39, 0.29) is 30.3 Å². The standard InChI is InChI=1S/C23H36N2O3/c1-5-24(4)20-15-21(19-9-7-6-8-10-19)28-23(16-20)11-13-25(14-12-23)22(26)17-27-18(2)3/h6-10,18,20-21H,5,11-17H2,1-4H3/t20-,21-/m0/s1. The lowest BCUT2D eigenvalue weighted by Gasteiger charge is -2.50. The molecule has 0 bridgehead atoms. The zero-order valence-electron chi connectivity index (χ0n) is 17.9. The molecule has 5 nitrogen and oxygen atoms in total. The fraction of sp³-hybridized carbons (Fsp3) is 0.696. The monoisotopic (exact) mass is 388 g/mol. The summed E-state index contributed by atoms with van der Waals surface area (Å²) < 4.78 is 12.3. The first-order valence-corrected chi connectivity index (χ1v) is 10.7. The Balaban J connectivity index is 1.68. The molecule has 1 aromatic rings. The molecule has 28 heavy (non-hydrogen) atoms. The van der Waals surface area contributed by atoms with Gasteiger partial charge in [-0.25, -0.2) is 0 Å². The third kappa shape index (κ3) is 5.13. The molecule has 1 amide bonds. The molecule has 0 aliphatic carbocycles. The van der Waals surface area contributed by atoms with E-state index in [2.05, 4.69) is 49.2 Å². The topological polar surface area (TPSA) is 42.0 Å². The van der Waals surface area contributed by atoms with E-state index < -0.39 is 0 Å². The SMILES string of the molecule is CCN(C)[C@H]1C[C@@H](c2ccccc2)OC2(CCN(C(=O)COC(C)C)CC2)C1. The van der Waals surface area contributed by atoms with E-state index in [1.807, 2.05) is 18.7 Å². The molecular weight excluding hydrogens is 352 g/mol. The zero-order valence-corrected chi connectivity index (χ0v) is 17.9. The summed E-state index contributed by atoms with van der Waals surface area (Å²) in [7, 11) is 2.22. The predicted molar refractivity (Wildman–Crippen MR) is 111 cm³/mol. The van der Waals surface area contributed by atoms with Crippen LogP contribution in [-0.4, -0.2) is 66.7 Å². The van der Waals surface area contributed by atoms with E-state index >= 15 is 0 Å². The number of benzene rings is 1. The van der Waals surface area contributed by atoms with Crippen LogP contribution in [0.25, 0.3) is 0 Å². The second-order valence-corrected chi connectivity index (χ2v) is 8.61. The summed E-state index contributed by atoms with van der Waals surface area (Å²) in [6.45, 7) is 8.87. The third-order valence-electron chi connectivity index (χ3n) is 6.35. The Kier molecular flexibility index (Phi) is 7.13. The lowest BCUT2D eigenvalue weighted by Crippen LogP contribution is -2.55. The van der Waals surface area contributed by atoms with Crippen LogP contribution >= 0.6 is 0 Å². The van der Waals surface area contributed by atoms with Crippen molar-refractivity contribution in [1.82, 2.24) is 9.80 Å². The van der Waals surface area contributed by atoms with Crippen LogP contribution in [0.5, 0.6) is 0 Å². The number of likely N-dealkylation sites (tertiary alicyclic amines) is 1. The molecule has 2 atom stereocenters. The van der Waals surface area contributed by atoms with Gasteiger partial charge in [0.2, 0.25) is 5.91 Å². The highest BCUT2D eigenvalue weighted by molar-refractivity contribution is 5.77. The van der Waals surface area contributed by atoms with Crippen molar-refractivity contribution in [2.75, 3.05) is 33.3 Å². The molecule has 2 saturated heterocycles. The van der Waals surface area contributed by atoms with Crippen molar-refractivity contribution >= 4 is 5.91 Å².